The minimum absolute atomic E-state index is 0.0548. The number of aromatic nitrogens is 2. The lowest BCUT2D eigenvalue weighted by atomic mass is 10.2. The molecule has 2 aromatic rings. The van der Waals surface area contributed by atoms with Crippen molar-refractivity contribution in [2.24, 2.45) is 0 Å². The van der Waals surface area contributed by atoms with E-state index in [2.05, 4.69) is 6.92 Å². The molecule has 7 heteroatoms. The molecule has 0 aliphatic heterocycles. The van der Waals surface area contributed by atoms with Gasteiger partial charge in [0, 0.05) is 11.4 Å². The van der Waals surface area contributed by atoms with Gasteiger partial charge in [0.2, 0.25) is 0 Å². The van der Waals surface area contributed by atoms with Crippen molar-refractivity contribution in [3.05, 3.63) is 20.8 Å². The van der Waals surface area contributed by atoms with Gasteiger partial charge in [-0.1, -0.05) is 25.1 Å². The number of ether oxygens (including phenoxy) is 1. The summed E-state index contributed by atoms with van der Waals surface area (Å²) < 4.78 is 6.73. The van der Waals surface area contributed by atoms with Gasteiger partial charge in [0.15, 0.2) is 5.16 Å². The van der Waals surface area contributed by atoms with Gasteiger partial charge in [-0.25, -0.2) is 4.98 Å². The number of rotatable bonds is 7. The van der Waals surface area contributed by atoms with E-state index in [-0.39, 0.29) is 17.3 Å². The van der Waals surface area contributed by atoms with E-state index in [9.17, 15) is 9.59 Å². The Hall–Kier alpha value is -1.34. The molecular weight excluding hydrogens is 344 g/mol. The van der Waals surface area contributed by atoms with Crippen LogP contribution in [0.3, 0.4) is 0 Å². The van der Waals surface area contributed by atoms with Crippen LogP contribution in [0.15, 0.2) is 9.95 Å². The summed E-state index contributed by atoms with van der Waals surface area (Å²) >= 11 is 2.94. The smallest absolute Gasteiger partial charge is 0.316 e. The fraction of sp³-hybridized carbons (Fsp3) is 0.588. The Balaban J connectivity index is 1.99. The normalized spacial score (nSPS) is 13.4. The summed E-state index contributed by atoms with van der Waals surface area (Å²) in [5.74, 6) is -0.0872. The minimum atomic E-state index is -0.271. The van der Waals surface area contributed by atoms with E-state index in [1.807, 2.05) is 0 Å². The average molecular weight is 367 g/mol. The predicted molar refractivity (Wildman–Crippen MR) is 98.2 cm³/mol. The molecule has 0 fully saturated rings. The summed E-state index contributed by atoms with van der Waals surface area (Å²) in [6.07, 6.45) is 5.09. The number of esters is 1. The topological polar surface area (TPSA) is 61.2 Å². The highest BCUT2D eigenvalue weighted by atomic mass is 32.2. The van der Waals surface area contributed by atoms with Crippen LogP contribution in [-0.2, 0) is 28.9 Å². The van der Waals surface area contributed by atoms with Crippen LogP contribution in [-0.4, -0.2) is 27.9 Å². The second-order valence-corrected chi connectivity index (χ2v) is 7.86. The maximum Gasteiger partial charge on any atom is 0.316 e. The van der Waals surface area contributed by atoms with Crippen molar-refractivity contribution < 1.29 is 9.53 Å². The molecule has 130 valence electrons. The van der Waals surface area contributed by atoms with Crippen molar-refractivity contribution in [2.75, 3.05) is 12.4 Å². The van der Waals surface area contributed by atoms with Gasteiger partial charge in [0.25, 0.3) is 5.56 Å². The second kappa shape index (κ2) is 7.70. The Morgan fingerprint density at radius 1 is 1.38 bits per heavy atom. The fourth-order valence-electron chi connectivity index (χ4n) is 3.01. The highest BCUT2D eigenvalue weighted by Gasteiger charge is 2.23. The second-order valence-electron chi connectivity index (χ2n) is 5.84. The van der Waals surface area contributed by atoms with Crippen molar-refractivity contribution in [1.29, 1.82) is 0 Å². The predicted octanol–water partition coefficient (Wildman–Crippen LogP) is 3.40. The van der Waals surface area contributed by atoms with Crippen molar-refractivity contribution in [3.8, 4) is 0 Å². The van der Waals surface area contributed by atoms with E-state index in [1.165, 1.54) is 22.2 Å². The third kappa shape index (κ3) is 3.37. The summed E-state index contributed by atoms with van der Waals surface area (Å²) in [4.78, 5) is 31.5. The molecule has 0 unspecified atom stereocenters. The average Bonchev–Trinajstić information content (AvgIpc) is 3.13. The molecule has 0 saturated carbocycles. The Morgan fingerprint density at radius 3 is 2.96 bits per heavy atom. The molecule has 0 radical (unpaired) electrons. The van der Waals surface area contributed by atoms with Crippen LogP contribution in [0.2, 0.25) is 0 Å². The highest BCUT2D eigenvalue weighted by molar-refractivity contribution is 7.99. The van der Waals surface area contributed by atoms with E-state index < -0.39 is 0 Å². The highest BCUT2D eigenvalue weighted by Crippen LogP contribution is 2.35. The van der Waals surface area contributed by atoms with Crippen LogP contribution in [0.4, 0.5) is 0 Å². The number of thioether (sulfide) groups is 1. The lowest BCUT2D eigenvalue weighted by Gasteiger charge is -2.11. The molecule has 2 aromatic heterocycles. The Labute approximate surface area is 149 Å². The van der Waals surface area contributed by atoms with Crippen LogP contribution >= 0.6 is 23.1 Å². The van der Waals surface area contributed by atoms with Crippen molar-refractivity contribution in [1.82, 2.24) is 9.55 Å². The molecule has 0 amide bonds. The number of aryl methyl sites for hydroxylation is 2. The van der Waals surface area contributed by atoms with Gasteiger partial charge in [0.1, 0.15) is 4.83 Å². The molecule has 0 saturated heterocycles. The first-order valence-corrected chi connectivity index (χ1v) is 10.3. The van der Waals surface area contributed by atoms with Gasteiger partial charge in [-0.05, 0) is 38.2 Å². The van der Waals surface area contributed by atoms with Crippen LogP contribution < -0.4 is 5.56 Å². The first-order chi connectivity index (χ1) is 11.7. The van der Waals surface area contributed by atoms with Crippen LogP contribution in [0.25, 0.3) is 10.2 Å². The number of carbonyl (C=O) groups is 1. The molecule has 0 bridgehead atoms. The number of thiophene rings is 1. The monoisotopic (exact) mass is 366 g/mol. The van der Waals surface area contributed by atoms with Crippen LogP contribution in [0, 0.1) is 0 Å². The van der Waals surface area contributed by atoms with E-state index >= 15 is 0 Å². The summed E-state index contributed by atoms with van der Waals surface area (Å²) in [5, 5.41) is 1.44. The molecular formula is C17H22N2O3S2. The maximum atomic E-state index is 13.0. The molecule has 0 N–H and O–H groups in total. The fourth-order valence-corrected chi connectivity index (χ4v) is 5.13. The third-order valence-corrected chi connectivity index (χ3v) is 6.29. The molecule has 1 aliphatic rings. The molecule has 0 atom stereocenters. The standard InChI is InChI=1S/C17H22N2O3S2/c1-3-5-9-19-16(21)14-11-7-6-8-12(11)24-15(14)18-17(19)23-10-13(20)22-4-2/h3-10H2,1-2H3. The number of fused-ring (bicyclic) bond motifs is 3. The summed E-state index contributed by atoms with van der Waals surface area (Å²) in [7, 11) is 0. The lowest BCUT2D eigenvalue weighted by Crippen LogP contribution is -2.24. The summed E-state index contributed by atoms with van der Waals surface area (Å²) in [6, 6.07) is 0. The SMILES string of the molecule is CCCCn1c(SCC(=O)OCC)nc2sc3c(c2c1=O)CCC3. The molecule has 3 rings (SSSR count). The molecule has 2 heterocycles. The van der Waals surface area contributed by atoms with E-state index in [0.29, 0.717) is 18.3 Å². The van der Waals surface area contributed by atoms with Crippen LogP contribution in [0.5, 0.6) is 0 Å². The first-order valence-electron chi connectivity index (χ1n) is 8.49. The quantitative estimate of drug-likeness (QED) is 0.427. The molecule has 0 spiro atoms. The third-order valence-electron chi connectivity index (χ3n) is 4.15. The molecule has 1 aliphatic carbocycles. The molecule has 24 heavy (non-hydrogen) atoms. The van der Waals surface area contributed by atoms with Gasteiger partial charge >= 0.3 is 5.97 Å². The van der Waals surface area contributed by atoms with Gasteiger partial charge in [-0.15, -0.1) is 11.3 Å². The maximum absolute atomic E-state index is 13.0. The van der Waals surface area contributed by atoms with Crippen molar-refractivity contribution in [2.45, 2.75) is 57.7 Å². The summed E-state index contributed by atoms with van der Waals surface area (Å²) in [5.41, 5.74) is 1.26. The molecule has 0 aromatic carbocycles. The lowest BCUT2D eigenvalue weighted by molar-refractivity contribution is -0.139. The van der Waals surface area contributed by atoms with E-state index in [1.54, 1.807) is 22.8 Å². The number of unbranched alkanes of at least 4 members (excludes halogenated alkanes) is 1. The van der Waals surface area contributed by atoms with E-state index in [4.69, 9.17) is 9.72 Å². The first kappa shape index (κ1) is 17.5. The zero-order chi connectivity index (χ0) is 17.1. The number of nitrogens with zero attached hydrogens (tertiary/aromatic N) is 2. The minimum Gasteiger partial charge on any atom is -0.465 e. The van der Waals surface area contributed by atoms with Crippen LogP contribution in [0.1, 0.15) is 43.6 Å². The zero-order valence-electron chi connectivity index (χ0n) is 14.1. The number of hydrogen-bond donors (Lipinski definition) is 0. The van der Waals surface area contributed by atoms with Gasteiger partial charge < -0.3 is 4.74 Å². The Kier molecular flexibility index (Phi) is 5.61. The van der Waals surface area contributed by atoms with Gasteiger partial charge in [-0.3, -0.25) is 14.2 Å². The Bertz CT molecular complexity index is 810. The van der Waals surface area contributed by atoms with Gasteiger partial charge in [-0.2, -0.15) is 0 Å². The zero-order valence-corrected chi connectivity index (χ0v) is 15.7. The van der Waals surface area contributed by atoms with E-state index in [0.717, 1.165) is 42.3 Å². The molecule has 5 nitrogen and oxygen atoms in total. The number of hydrogen-bond acceptors (Lipinski definition) is 6. The Morgan fingerprint density at radius 2 is 2.21 bits per heavy atom. The van der Waals surface area contributed by atoms with Crippen molar-refractivity contribution >= 4 is 39.3 Å². The van der Waals surface area contributed by atoms with Crippen molar-refractivity contribution in [3.63, 3.8) is 0 Å². The largest absolute Gasteiger partial charge is 0.465 e. The summed E-state index contributed by atoms with van der Waals surface area (Å²) in [6.45, 7) is 4.90. The number of carbonyl (C=O) groups excluding carboxylic acids is 1. The van der Waals surface area contributed by atoms with Gasteiger partial charge in [0.05, 0.1) is 17.7 Å².